The SMILES string of the molecule is C=CC(=O)CC[C@@H](OCOC)C(=O)OCC. The first-order valence-corrected chi connectivity index (χ1v) is 5.08. The molecule has 0 saturated heterocycles. The van der Waals surface area contributed by atoms with Gasteiger partial charge in [-0.15, -0.1) is 0 Å². The Morgan fingerprint density at radius 2 is 2.12 bits per heavy atom. The quantitative estimate of drug-likeness (QED) is 0.337. The number of hydrogen-bond donors (Lipinski definition) is 0. The van der Waals surface area contributed by atoms with Crippen molar-refractivity contribution in [3.8, 4) is 0 Å². The van der Waals surface area contributed by atoms with E-state index >= 15 is 0 Å². The minimum atomic E-state index is -0.760. The monoisotopic (exact) mass is 230 g/mol. The van der Waals surface area contributed by atoms with Crippen LogP contribution in [-0.4, -0.2) is 38.4 Å². The summed E-state index contributed by atoms with van der Waals surface area (Å²) in [6.45, 7) is 5.33. The molecule has 0 aromatic rings. The Bertz CT molecular complexity index is 237. The van der Waals surface area contributed by atoms with Gasteiger partial charge in [-0.2, -0.15) is 0 Å². The van der Waals surface area contributed by atoms with Gasteiger partial charge in [-0.3, -0.25) is 4.79 Å². The Balaban J connectivity index is 4.13. The fraction of sp³-hybridized carbons (Fsp3) is 0.636. The van der Waals surface area contributed by atoms with Gasteiger partial charge in [-0.1, -0.05) is 6.58 Å². The van der Waals surface area contributed by atoms with Crippen molar-refractivity contribution in [2.75, 3.05) is 20.5 Å². The lowest BCUT2D eigenvalue weighted by molar-refractivity contribution is -0.165. The molecule has 0 rings (SSSR count). The molecule has 0 bridgehead atoms. The molecular weight excluding hydrogens is 212 g/mol. The molecule has 0 saturated carbocycles. The highest BCUT2D eigenvalue weighted by molar-refractivity contribution is 5.89. The van der Waals surface area contributed by atoms with Gasteiger partial charge in [0.1, 0.15) is 6.79 Å². The Morgan fingerprint density at radius 3 is 2.62 bits per heavy atom. The molecule has 0 unspecified atom stereocenters. The summed E-state index contributed by atoms with van der Waals surface area (Å²) in [6.07, 6.45) is 0.936. The first kappa shape index (κ1) is 14.8. The third-order valence-corrected chi connectivity index (χ3v) is 1.82. The van der Waals surface area contributed by atoms with Crippen LogP contribution in [0.3, 0.4) is 0 Å². The zero-order valence-corrected chi connectivity index (χ0v) is 9.73. The average molecular weight is 230 g/mol. The van der Waals surface area contributed by atoms with Gasteiger partial charge >= 0.3 is 5.97 Å². The summed E-state index contributed by atoms with van der Waals surface area (Å²) in [5.41, 5.74) is 0. The first-order valence-electron chi connectivity index (χ1n) is 5.08. The van der Waals surface area contributed by atoms with E-state index < -0.39 is 12.1 Å². The van der Waals surface area contributed by atoms with E-state index in [2.05, 4.69) is 6.58 Å². The fourth-order valence-electron chi connectivity index (χ4n) is 1.03. The summed E-state index contributed by atoms with van der Waals surface area (Å²) in [7, 11) is 1.46. The summed E-state index contributed by atoms with van der Waals surface area (Å²) in [5, 5.41) is 0. The van der Waals surface area contributed by atoms with E-state index in [1.165, 1.54) is 13.2 Å². The highest BCUT2D eigenvalue weighted by atomic mass is 16.7. The number of allylic oxidation sites excluding steroid dienone is 1. The van der Waals surface area contributed by atoms with Crippen LogP contribution in [0.4, 0.5) is 0 Å². The predicted molar refractivity (Wildman–Crippen MR) is 57.8 cm³/mol. The first-order chi connectivity index (χ1) is 7.65. The van der Waals surface area contributed by atoms with Crippen LogP contribution >= 0.6 is 0 Å². The lowest BCUT2D eigenvalue weighted by atomic mass is 10.1. The molecule has 0 amide bonds. The van der Waals surface area contributed by atoms with Gasteiger partial charge in [0.2, 0.25) is 0 Å². The Morgan fingerprint density at radius 1 is 1.44 bits per heavy atom. The number of carbonyl (C=O) groups excluding carboxylic acids is 2. The zero-order valence-electron chi connectivity index (χ0n) is 9.73. The van der Waals surface area contributed by atoms with Gasteiger partial charge in [0, 0.05) is 13.5 Å². The van der Waals surface area contributed by atoms with E-state index in [4.69, 9.17) is 14.2 Å². The molecule has 1 atom stereocenters. The maximum absolute atomic E-state index is 11.4. The third-order valence-electron chi connectivity index (χ3n) is 1.82. The Kier molecular flexibility index (Phi) is 8.38. The van der Waals surface area contributed by atoms with Crippen molar-refractivity contribution in [1.29, 1.82) is 0 Å². The van der Waals surface area contributed by atoms with Crippen molar-refractivity contribution < 1.29 is 23.8 Å². The highest BCUT2D eigenvalue weighted by Gasteiger charge is 2.20. The molecule has 0 aliphatic carbocycles. The highest BCUT2D eigenvalue weighted by Crippen LogP contribution is 2.06. The number of esters is 1. The van der Waals surface area contributed by atoms with Crippen LogP contribution in [-0.2, 0) is 23.8 Å². The molecule has 0 spiro atoms. The molecule has 0 radical (unpaired) electrons. The largest absolute Gasteiger partial charge is 0.464 e. The van der Waals surface area contributed by atoms with Crippen molar-refractivity contribution in [2.24, 2.45) is 0 Å². The molecule has 0 aliphatic rings. The van der Waals surface area contributed by atoms with Crippen LogP contribution in [0.1, 0.15) is 19.8 Å². The van der Waals surface area contributed by atoms with Gasteiger partial charge in [-0.25, -0.2) is 4.79 Å². The van der Waals surface area contributed by atoms with Crippen molar-refractivity contribution >= 4 is 11.8 Å². The predicted octanol–water partition coefficient (Wildman–Crippen LogP) is 1.07. The maximum atomic E-state index is 11.4. The van der Waals surface area contributed by atoms with Crippen molar-refractivity contribution in [3.63, 3.8) is 0 Å². The molecular formula is C11H18O5. The van der Waals surface area contributed by atoms with E-state index in [9.17, 15) is 9.59 Å². The fourth-order valence-corrected chi connectivity index (χ4v) is 1.03. The van der Waals surface area contributed by atoms with Gasteiger partial charge < -0.3 is 14.2 Å². The summed E-state index contributed by atoms with van der Waals surface area (Å²) in [5.74, 6) is -0.605. The van der Waals surface area contributed by atoms with E-state index in [1.807, 2.05) is 0 Å². The maximum Gasteiger partial charge on any atom is 0.335 e. The summed E-state index contributed by atoms with van der Waals surface area (Å²) in [4.78, 5) is 22.4. The molecule has 0 aliphatic heterocycles. The number of hydrogen-bond acceptors (Lipinski definition) is 5. The minimum Gasteiger partial charge on any atom is -0.464 e. The lowest BCUT2D eigenvalue weighted by Gasteiger charge is -2.14. The summed E-state index contributed by atoms with van der Waals surface area (Å²) in [6, 6.07) is 0. The average Bonchev–Trinajstić information content (AvgIpc) is 2.29. The van der Waals surface area contributed by atoms with Crippen LogP contribution < -0.4 is 0 Å². The molecule has 5 nitrogen and oxygen atoms in total. The van der Waals surface area contributed by atoms with Gasteiger partial charge in [0.25, 0.3) is 0 Å². The van der Waals surface area contributed by atoms with Gasteiger partial charge in [0.15, 0.2) is 11.9 Å². The number of rotatable bonds is 9. The van der Waals surface area contributed by atoms with Crippen LogP contribution in [0, 0.1) is 0 Å². The molecule has 16 heavy (non-hydrogen) atoms. The van der Waals surface area contributed by atoms with E-state index in [0.717, 1.165) is 0 Å². The third kappa shape index (κ3) is 6.31. The molecule has 5 heteroatoms. The number of methoxy groups -OCH3 is 1. The van der Waals surface area contributed by atoms with Crippen LogP contribution in [0.25, 0.3) is 0 Å². The topological polar surface area (TPSA) is 61.8 Å². The lowest BCUT2D eigenvalue weighted by Crippen LogP contribution is -2.28. The molecule has 0 aromatic carbocycles. The van der Waals surface area contributed by atoms with Gasteiger partial charge in [0.05, 0.1) is 6.61 Å². The molecule has 0 N–H and O–H groups in total. The van der Waals surface area contributed by atoms with E-state index in [1.54, 1.807) is 6.92 Å². The van der Waals surface area contributed by atoms with Gasteiger partial charge in [-0.05, 0) is 19.4 Å². The smallest absolute Gasteiger partial charge is 0.335 e. The van der Waals surface area contributed by atoms with Crippen molar-refractivity contribution in [3.05, 3.63) is 12.7 Å². The van der Waals surface area contributed by atoms with Crippen molar-refractivity contribution in [2.45, 2.75) is 25.9 Å². The van der Waals surface area contributed by atoms with Crippen molar-refractivity contribution in [1.82, 2.24) is 0 Å². The Hall–Kier alpha value is -1.20. The molecule has 0 aromatic heterocycles. The summed E-state index contributed by atoms with van der Waals surface area (Å²) < 4.78 is 14.6. The second-order valence-electron chi connectivity index (χ2n) is 3.02. The van der Waals surface area contributed by atoms with E-state index in [-0.39, 0.29) is 32.0 Å². The minimum absolute atomic E-state index is 0.00817. The van der Waals surface area contributed by atoms with Crippen LogP contribution in [0.2, 0.25) is 0 Å². The number of ketones is 1. The second kappa shape index (κ2) is 9.06. The molecule has 0 heterocycles. The number of ether oxygens (including phenoxy) is 3. The van der Waals surface area contributed by atoms with E-state index in [0.29, 0.717) is 0 Å². The Labute approximate surface area is 95.4 Å². The van der Waals surface area contributed by atoms with Crippen LogP contribution in [0.5, 0.6) is 0 Å². The molecule has 0 fully saturated rings. The molecule has 92 valence electrons. The second-order valence-corrected chi connectivity index (χ2v) is 3.02. The summed E-state index contributed by atoms with van der Waals surface area (Å²) >= 11 is 0. The standard InChI is InChI=1S/C11H18O5/c1-4-9(12)6-7-10(16-8-14-3)11(13)15-5-2/h4,10H,1,5-8H2,2-3H3/t10-/m1/s1. The van der Waals surface area contributed by atoms with Crippen LogP contribution in [0.15, 0.2) is 12.7 Å². The zero-order chi connectivity index (χ0) is 12.4. The number of carbonyl (C=O) groups is 2. The normalized spacial score (nSPS) is 11.9.